The van der Waals surface area contributed by atoms with Gasteiger partial charge in [0, 0.05) is 11.8 Å². The second kappa shape index (κ2) is 10.0. The maximum absolute atomic E-state index is 12.9. The molecular formula is C23H22N3NaO4S. The van der Waals surface area contributed by atoms with Crippen molar-refractivity contribution in [3.05, 3.63) is 72.1 Å². The fourth-order valence-electron chi connectivity index (χ4n) is 3.42. The summed E-state index contributed by atoms with van der Waals surface area (Å²) in [6.45, 7) is 2.68. The second-order valence-electron chi connectivity index (χ2n) is 7.24. The number of nitrogens with one attached hydrogen (secondary N) is 1. The van der Waals surface area contributed by atoms with E-state index in [9.17, 15) is 4.21 Å². The number of hydrogen-bond acceptors (Lipinski definition) is 6. The quantitative estimate of drug-likeness (QED) is 0.432. The molecule has 2 aromatic heterocycles. The Labute approximate surface area is 211 Å². The number of aromatic nitrogens is 3. The number of rotatable bonds is 6. The van der Waals surface area contributed by atoms with Gasteiger partial charge in [0.2, 0.25) is 0 Å². The SMILES string of the molecule is Cc1c(OCC2COc3ccccc3O2)ccnc1CS(=O)c1nc2ccccc2[nH]1.[H-].[Na+]. The largest absolute Gasteiger partial charge is 1.00 e. The maximum atomic E-state index is 12.9. The molecule has 0 saturated carbocycles. The third-order valence-corrected chi connectivity index (χ3v) is 6.26. The minimum absolute atomic E-state index is 0. The van der Waals surface area contributed by atoms with Crippen LogP contribution in [0.3, 0.4) is 0 Å². The molecule has 0 aliphatic carbocycles. The van der Waals surface area contributed by atoms with Crippen molar-refractivity contribution in [3.63, 3.8) is 0 Å². The Balaban J connectivity index is 0.00000153. The zero-order chi connectivity index (χ0) is 21.2. The maximum Gasteiger partial charge on any atom is 1.00 e. The van der Waals surface area contributed by atoms with E-state index in [1.807, 2.05) is 55.5 Å². The van der Waals surface area contributed by atoms with Crippen molar-refractivity contribution in [1.29, 1.82) is 0 Å². The zero-order valence-electron chi connectivity index (χ0n) is 18.9. The zero-order valence-corrected chi connectivity index (χ0v) is 20.7. The number of nitrogens with zero attached hydrogens (tertiary/aromatic N) is 2. The van der Waals surface area contributed by atoms with Crippen molar-refractivity contribution in [2.45, 2.75) is 23.9 Å². The first-order chi connectivity index (χ1) is 15.2. The van der Waals surface area contributed by atoms with Gasteiger partial charge in [-0.25, -0.2) is 4.98 Å². The number of ether oxygens (including phenoxy) is 3. The molecule has 0 saturated heterocycles. The van der Waals surface area contributed by atoms with Gasteiger partial charge >= 0.3 is 29.6 Å². The molecule has 2 aromatic carbocycles. The molecule has 2 unspecified atom stereocenters. The smallest absolute Gasteiger partial charge is 1.00 e. The van der Waals surface area contributed by atoms with Crippen molar-refractivity contribution < 1.29 is 49.4 Å². The standard InChI is InChI=1S/C23H21N3O4S.Na.H/c1-15-19(14-31(27)23-25-17-6-2-3-7-18(17)26-23)24-11-10-20(15)28-12-16-13-29-21-8-4-5-9-22(21)30-16;;/h2-11,16H,12-14H2,1H3,(H,25,26);;/q;+1;-1. The summed E-state index contributed by atoms with van der Waals surface area (Å²) >= 11 is 0. The average molecular weight is 460 g/mol. The van der Waals surface area contributed by atoms with Crippen molar-refractivity contribution in [1.82, 2.24) is 15.0 Å². The van der Waals surface area contributed by atoms with Gasteiger partial charge in [-0.3, -0.25) is 9.19 Å². The van der Waals surface area contributed by atoms with E-state index in [4.69, 9.17) is 14.2 Å². The number of fused-ring (bicyclic) bond motifs is 2. The van der Waals surface area contributed by atoms with E-state index < -0.39 is 10.8 Å². The van der Waals surface area contributed by atoms with E-state index in [-0.39, 0.29) is 42.8 Å². The van der Waals surface area contributed by atoms with Crippen LogP contribution in [0.4, 0.5) is 0 Å². The predicted molar refractivity (Wildman–Crippen MR) is 118 cm³/mol. The number of H-pyrrole nitrogens is 1. The summed E-state index contributed by atoms with van der Waals surface area (Å²) in [7, 11) is -1.35. The summed E-state index contributed by atoms with van der Waals surface area (Å²) in [6.07, 6.45) is 1.46. The van der Waals surface area contributed by atoms with Crippen molar-refractivity contribution in [3.8, 4) is 17.2 Å². The van der Waals surface area contributed by atoms with Crippen LogP contribution in [-0.4, -0.2) is 38.5 Å². The molecule has 9 heteroatoms. The van der Waals surface area contributed by atoms with Crippen LogP contribution in [0.5, 0.6) is 17.2 Å². The molecule has 0 radical (unpaired) electrons. The number of imidazole rings is 1. The van der Waals surface area contributed by atoms with Crippen molar-refractivity contribution in [2.75, 3.05) is 13.2 Å². The summed E-state index contributed by atoms with van der Waals surface area (Å²) in [5.41, 5.74) is 3.22. The fourth-order valence-corrected chi connectivity index (χ4v) is 4.52. The van der Waals surface area contributed by atoms with Crippen molar-refractivity contribution in [2.24, 2.45) is 0 Å². The van der Waals surface area contributed by atoms with Crippen LogP contribution in [0.15, 0.2) is 66.0 Å². The first-order valence-corrected chi connectivity index (χ1v) is 11.3. The molecule has 1 aliphatic rings. The Morgan fingerprint density at radius 1 is 1.16 bits per heavy atom. The summed E-state index contributed by atoms with van der Waals surface area (Å²) < 4.78 is 30.6. The number of hydrogen-bond donors (Lipinski definition) is 1. The number of aromatic amines is 1. The van der Waals surface area contributed by atoms with E-state index in [1.54, 1.807) is 12.3 Å². The molecule has 0 spiro atoms. The Hall–Kier alpha value is -2.39. The Kier molecular flexibility index (Phi) is 7.15. The Bertz CT molecular complexity index is 1240. The van der Waals surface area contributed by atoms with Crippen LogP contribution in [-0.2, 0) is 16.6 Å². The Morgan fingerprint density at radius 2 is 1.94 bits per heavy atom. The predicted octanol–water partition coefficient (Wildman–Crippen LogP) is 0.909. The van der Waals surface area contributed by atoms with Gasteiger partial charge in [-0.05, 0) is 37.3 Å². The van der Waals surface area contributed by atoms with Gasteiger partial charge in [0.1, 0.15) is 19.0 Å². The molecule has 7 nitrogen and oxygen atoms in total. The summed E-state index contributed by atoms with van der Waals surface area (Å²) in [5, 5.41) is 0.445. The molecular weight excluding hydrogens is 437 g/mol. The van der Waals surface area contributed by atoms with Gasteiger partial charge in [0.05, 0.1) is 33.3 Å². The third-order valence-electron chi connectivity index (χ3n) is 5.10. The van der Waals surface area contributed by atoms with Gasteiger partial charge in [0.15, 0.2) is 22.8 Å². The average Bonchev–Trinajstić information content (AvgIpc) is 3.24. The first kappa shape index (κ1) is 22.8. The van der Waals surface area contributed by atoms with Gasteiger partial charge in [-0.1, -0.05) is 24.3 Å². The molecule has 5 rings (SSSR count). The molecule has 0 fully saturated rings. The van der Waals surface area contributed by atoms with Crippen LogP contribution in [0, 0.1) is 6.92 Å². The fraction of sp³-hybridized carbons (Fsp3) is 0.217. The van der Waals surface area contributed by atoms with Gasteiger partial charge < -0.3 is 20.6 Å². The number of benzene rings is 2. The molecule has 0 amide bonds. The minimum Gasteiger partial charge on any atom is -1.00 e. The van der Waals surface area contributed by atoms with E-state index in [2.05, 4.69) is 15.0 Å². The van der Waals surface area contributed by atoms with Crippen molar-refractivity contribution >= 4 is 21.8 Å². The van der Waals surface area contributed by atoms with E-state index in [0.29, 0.717) is 29.8 Å². The van der Waals surface area contributed by atoms with Crippen LogP contribution in [0.2, 0.25) is 0 Å². The van der Waals surface area contributed by atoms with Crippen LogP contribution in [0.1, 0.15) is 12.7 Å². The van der Waals surface area contributed by atoms with E-state index in [0.717, 1.165) is 28.1 Å². The van der Waals surface area contributed by atoms with Crippen LogP contribution in [0.25, 0.3) is 11.0 Å². The van der Waals surface area contributed by atoms with Gasteiger partial charge in [-0.15, -0.1) is 0 Å². The molecule has 2 atom stereocenters. The second-order valence-corrected chi connectivity index (χ2v) is 8.60. The molecule has 32 heavy (non-hydrogen) atoms. The normalized spacial score (nSPS) is 15.7. The summed E-state index contributed by atoms with van der Waals surface area (Å²) in [4.78, 5) is 12.0. The number of para-hydroxylation sites is 4. The van der Waals surface area contributed by atoms with Gasteiger partial charge in [-0.2, -0.15) is 0 Å². The summed E-state index contributed by atoms with van der Waals surface area (Å²) in [6, 6.07) is 17.0. The third kappa shape index (κ3) is 4.83. The molecule has 1 N–H and O–H groups in total. The van der Waals surface area contributed by atoms with Crippen LogP contribution < -0.4 is 43.8 Å². The molecule has 160 valence electrons. The minimum atomic E-state index is -1.35. The molecule has 0 bridgehead atoms. The van der Waals surface area contributed by atoms with E-state index in [1.165, 1.54) is 0 Å². The van der Waals surface area contributed by atoms with E-state index >= 15 is 0 Å². The number of pyridine rings is 1. The van der Waals surface area contributed by atoms with Crippen LogP contribution >= 0.6 is 0 Å². The first-order valence-electron chi connectivity index (χ1n) is 9.96. The molecule has 3 heterocycles. The monoisotopic (exact) mass is 459 g/mol. The molecule has 1 aliphatic heterocycles. The Morgan fingerprint density at radius 3 is 2.78 bits per heavy atom. The molecule has 4 aromatic rings. The van der Waals surface area contributed by atoms with Gasteiger partial charge in [0.25, 0.3) is 0 Å². The summed E-state index contributed by atoms with van der Waals surface area (Å²) in [5.74, 6) is 2.40. The topological polar surface area (TPSA) is 86.3 Å².